The molecule has 2 aromatic carbocycles. The van der Waals surface area contributed by atoms with E-state index in [0.29, 0.717) is 12.5 Å². The molecule has 0 saturated heterocycles. The van der Waals surface area contributed by atoms with E-state index >= 15 is 0 Å². The minimum absolute atomic E-state index is 0.348. The van der Waals surface area contributed by atoms with Crippen molar-refractivity contribution < 1.29 is 4.74 Å². The zero-order valence-corrected chi connectivity index (χ0v) is 13.4. The van der Waals surface area contributed by atoms with Gasteiger partial charge in [0.25, 0.3) is 0 Å². The van der Waals surface area contributed by atoms with E-state index in [2.05, 4.69) is 25.1 Å². The molecule has 0 spiro atoms. The van der Waals surface area contributed by atoms with Crippen LogP contribution in [0.1, 0.15) is 16.7 Å². The summed E-state index contributed by atoms with van der Waals surface area (Å²) in [6.07, 6.45) is 1.78. The molecule has 112 valence electrons. The van der Waals surface area contributed by atoms with E-state index < -0.39 is 0 Å². The maximum absolute atomic E-state index is 6.25. The van der Waals surface area contributed by atoms with Crippen molar-refractivity contribution in [2.45, 2.75) is 19.8 Å². The van der Waals surface area contributed by atoms with Crippen LogP contribution in [-0.4, -0.2) is 13.7 Å². The Hall–Kier alpha value is -1.51. The van der Waals surface area contributed by atoms with Crippen molar-refractivity contribution in [2.75, 3.05) is 13.7 Å². The van der Waals surface area contributed by atoms with Gasteiger partial charge >= 0.3 is 0 Å². The molecule has 0 radical (unpaired) electrons. The van der Waals surface area contributed by atoms with Crippen molar-refractivity contribution in [3.8, 4) is 5.75 Å². The second-order valence-corrected chi connectivity index (χ2v) is 5.82. The van der Waals surface area contributed by atoms with Crippen molar-refractivity contribution in [2.24, 2.45) is 11.7 Å². The number of nitrogens with two attached hydrogens (primary N) is 1. The molecule has 0 heterocycles. The van der Waals surface area contributed by atoms with Gasteiger partial charge < -0.3 is 10.5 Å². The molecule has 2 aromatic rings. The molecule has 0 aliphatic carbocycles. The first kappa shape index (κ1) is 15.9. The average molecular weight is 304 g/mol. The molecule has 0 fully saturated rings. The van der Waals surface area contributed by atoms with Crippen LogP contribution in [0.3, 0.4) is 0 Å². The summed E-state index contributed by atoms with van der Waals surface area (Å²) in [4.78, 5) is 0. The number of ether oxygens (including phenoxy) is 1. The highest BCUT2D eigenvalue weighted by molar-refractivity contribution is 6.31. The summed E-state index contributed by atoms with van der Waals surface area (Å²) < 4.78 is 5.45. The van der Waals surface area contributed by atoms with Crippen LogP contribution in [0.5, 0.6) is 5.75 Å². The van der Waals surface area contributed by atoms with Crippen LogP contribution in [0, 0.1) is 12.8 Å². The van der Waals surface area contributed by atoms with E-state index in [1.165, 1.54) is 11.1 Å². The van der Waals surface area contributed by atoms with Gasteiger partial charge in [-0.2, -0.15) is 0 Å². The maximum atomic E-state index is 6.25. The number of hydrogen-bond acceptors (Lipinski definition) is 2. The molecule has 0 aliphatic rings. The molecule has 2 nitrogen and oxygen atoms in total. The monoisotopic (exact) mass is 303 g/mol. The number of benzene rings is 2. The fraction of sp³-hybridized carbons (Fsp3) is 0.333. The molecule has 0 aliphatic heterocycles. The van der Waals surface area contributed by atoms with Gasteiger partial charge in [0.15, 0.2) is 0 Å². The molecule has 1 unspecified atom stereocenters. The van der Waals surface area contributed by atoms with Crippen LogP contribution in [0.2, 0.25) is 5.02 Å². The number of aryl methyl sites for hydroxylation is 1. The van der Waals surface area contributed by atoms with Gasteiger partial charge in [-0.05, 0) is 55.5 Å². The first-order chi connectivity index (χ1) is 10.1. The number of rotatable bonds is 6. The van der Waals surface area contributed by atoms with Crippen molar-refractivity contribution in [1.82, 2.24) is 0 Å². The Morgan fingerprint density at radius 1 is 1.10 bits per heavy atom. The lowest BCUT2D eigenvalue weighted by atomic mass is 9.91. The summed E-state index contributed by atoms with van der Waals surface area (Å²) >= 11 is 6.25. The lowest BCUT2D eigenvalue weighted by Gasteiger charge is -2.18. The normalized spacial score (nSPS) is 12.2. The molecule has 3 heteroatoms. The summed E-state index contributed by atoms with van der Waals surface area (Å²) in [6.45, 7) is 2.72. The smallest absolute Gasteiger partial charge is 0.122 e. The van der Waals surface area contributed by atoms with Crippen molar-refractivity contribution >= 4 is 11.6 Å². The standard InChI is InChI=1S/C18H22ClNO/c1-13-7-8-18(21-2)16(9-13)11-14(12-20)10-15-5-3-4-6-17(15)19/h3-9,14H,10-12,20H2,1-2H3. The second kappa shape index (κ2) is 7.48. The number of halogens is 1. The molecule has 2 N–H and O–H groups in total. The summed E-state index contributed by atoms with van der Waals surface area (Å²) in [5.41, 5.74) is 9.56. The van der Waals surface area contributed by atoms with Crippen LogP contribution in [0.25, 0.3) is 0 Å². The third kappa shape index (κ3) is 4.23. The van der Waals surface area contributed by atoms with Crippen LogP contribution in [-0.2, 0) is 12.8 Å². The summed E-state index contributed by atoms with van der Waals surface area (Å²) in [7, 11) is 1.71. The zero-order valence-electron chi connectivity index (χ0n) is 12.6. The Bertz CT molecular complexity index is 598. The van der Waals surface area contributed by atoms with Gasteiger partial charge in [0, 0.05) is 5.02 Å². The number of hydrogen-bond donors (Lipinski definition) is 1. The average Bonchev–Trinajstić information content (AvgIpc) is 2.49. The molecule has 21 heavy (non-hydrogen) atoms. The van der Waals surface area contributed by atoms with E-state index in [4.69, 9.17) is 22.1 Å². The van der Waals surface area contributed by atoms with Gasteiger partial charge in [0.05, 0.1) is 7.11 Å². The van der Waals surface area contributed by atoms with Crippen LogP contribution >= 0.6 is 11.6 Å². The van der Waals surface area contributed by atoms with E-state index in [-0.39, 0.29) is 0 Å². The van der Waals surface area contributed by atoms with Crippen molar-refractivity contribution in [3.63, 3.8) is 0 Å². The molecular weight excluding hydrogens is 282 g/mol. The van der Waals surface area contributed by atoms with Gasteiger partial charge in [0.1, 0.15) is 5.75 Å². The van der Waals surface area contributed by atoms with Crippen LogP contribution in [0.4, 0.5) is 0 Å². The summed E-state index contributed by atoms with van der Waals surface area (Å²) in [5, 5.41) is 0.812. The summed E-state index contributed by atoms with van der Waals surface area (Å²) in [6, 6.07) is 14.2. The first-order valence-electron chi connectivity index (χ1n) is 7.21. The Kier molecular flexibility index (Phi) is 5.66. The minimum atomic E-state index is 0.348. The maximum Gasteiger partial charge on any atom is 0.122 e. The van der Waals surface area contributed by atoms with E-state index in [9.17, 15) is 0 Å². The molecular formula is C18H22ClNO. The second-order valence-electron chi connectivity index (χ2n) is 5.42. The lowest BCUT2D eigenvalue weighted by molar-refractivity contribution is 0.403. The highest BCUT2D eigenvalue weighted by Crippen LogP contribution is 2.25. The number of methoxy groups -OCH3 is 1. The Morgan fingerprint density at radius 3 is 2.48 bits per heavy atom. The Balaban J connectivity index is 2.16. The van der Waals surface area contributed by atoms with Crippen LogP contribution in [0.15, 0.2) is 42.5 Å². The Labute approximate surface area is 131 Å². The minimum Gasteiger partial charge on any atom is -0.496 e. The first-order valence-corrected chi connectivity index (χ1v) is 7.58. The van der Waals surface area contributed by atoms with E-state index in [0.717, 1.165) is 29.2 Å². The molecule has 0 bridgehead atoms. The van der Waals surface area contributed by atoms with E-state index in [1.54, 1.807) is 7.11 Å². The van der Waals surface area contributed by atoms with Gasteiger partial charge in [-0.1, -0.05) is 47.5 Å². The van der Waals surface area contributed by atoms with Gasteiger partial charge in [0.2, 0.25) is 0 Å². The van der Waals surface area contributed by atoms with Crippen LogP contribution < -0.4 is 10.5 Å². The SMILES string of the molecule is COc1ccc(C)cc1CC(CN)Cc1ccccc1Cl. The predicted molar refractivity (Wildman–Crippen MR) is 89.1 cm³/mol. The molecule has 1 atom stereocenters. The molecule has 0 saturated carbocycles. The summed E-state index contributed by atoms with van der Waals surface area (Å²) in [5.74, 6) is 1.28. The van der Waals surface area contributed by atoms with Crippen molar-refractivity contribution in [3.05, 3.63) is 64.2 Å². The largest absolute Gasteiger partial charge is 0.496 e. The quantitative estimate of drug-likeness (QED) is 0.875. The van der Waals surface area contributed by atoms with Gasteiger partial charge in [-0.15, -0.1) is 0 Å². The molecule has 0 amide bonds. The highest BCUT2D eigenvalue weighted by Gasteiger charge is 2.14. The fourth-order valence-electron chi connectivity index (χ4n) is 2.59. The Morgan fingerprint density at radius 2 is 1.81 bits per heavy atom. The molecule has 0 aromatic heterocycles. The van der Waals surface area contributed by atoms with Gasteiger partial charge in [-0.25, -0.2) is 0 Å². The third-order valence-corrected chi connectivity index (χ3v) is 4.11. The van der Waals surface area contributed by atoms with Crippen molar-refractivity contribution in [1.29, 1.82) is 0 Å². The zero-order chi connectivity index (χ0) is 15.2. The predicted octanol–water partition coefficient (Wildman–Crippen LogP) is 4.02. The molecule has 2 rings (SSSR count). The fourth-order valence-corrected chi connectivity index (χ4v) is 2.80. The highest BCUT2D eigenvalue weighted by atomic mass is 35.5. The van der Waals surface area contributed by atoms with Gasteiger partial charge in [-0.3, -0.25) is 0 Å². The topological polar surface area (TPSA) is 35.2 Å². The third-order valence-electron chi connectivity index (χ3n) is 3.74. The lowest BCUT2D eigenvalue weighted by Crippen LogP contribution is -2.20. The van der Waals surface area contributed by atoms with E-state index in [1.807, 2.05) is 24.3 Å².